The number of rotatable bonds is 4. The largest absolute Gasteiger partial charge is 0.421 e. The molecule has 6 nitrogen and oxygen atoms in total. The van der Waals surface area contributed by atoms with E-state index in [1.54, 1.807) is 24.3 Å². The third-order valence-corrected chi connectivity index (χ3v) is 4.46. The highest BCUT2D eigenvalue weighted by Gasteiger charge is 2.34. The monoisotopic (exact) mass is 397 g/mol. The second-order valence-corrected chi connectivity index (χ2v) is 6.48. The Balaban J connectivity index is 1.48. The van der Waals surface area contributed by atoms with Crippen LogP contribution in [0.2, 0.25) is 0 Å². The number of nitrogens with zero attached hydrogens (tertiary/aromatic N) is 3. The molecule has 1 aliphatic heterocycles. The van der Waals surface area contributed by atoms with E-state index in [1.165, 1.54) is 4.90 Å². The van der Waals surface area contributed by atoms with Crippen LogP contribution in [0, 0.1) is 0 Å². The lowest BCUT2D eigenvalue weighted by atomic mass is 10.1. The van der Waals surface area contributed by atoms with Crippen LogP contribution in [0.4, 0.5) is 0 Å². The van der Waals surface area contributed by atoms with Crippen LogP contribution in [0.15, 0.2) is 57.4 Å². The Hall–Kier alpha value is -2.80. The van der Waals surface area contributed by atoms with Crippen molar-refractivity contribution in [2.45, 2.75) is 6.42 Å². The quantitative estimate of drug-likeness (QED) is 0.631. The Morgan fingerprint density at radius 2 is 1.68 bits per heavy atom. The van der Waals surface area contributed by atoms with E-state index in [9.17, 15) is 9.59 Å². The number of carbonyl (C=O) groups is 2. The highest BCUT2D eigenvalue weighted by molar-refractivity contribution is 9.10. The van der Waals surface area contributed by atoms with E-state index in [1.807, 2.05) is 24.3 Å². The molecular weight excluding hydrogens is 386 g/mol. The van der Waals surface area contributed by atoms with E-state index in [2.05, 4.69) is 26.1 Å². The molecule has 0 unspecified atom stereocenters. The number of hydrogen-bond donors (Lipinski definition) is 0. The van der Waals surface area contributed by atoms with Crippen LogP contribution in [-0.2, 0) is 6.42 Å². The highest BCUT2D eigenvalue weighted by Crippen LogP contribution is 2.24. The summed E-state index contributed by atoms with van der Waals surface area (Å²) < 4.78 is 6.55. The molecule has 0 radical (unpaired) electrons. The van der Waals surface area contributed by atoms with Crippen molar-refractivity contribution in [3.8, 4) is 11.5 Å². The lowest BCUT2D eigenvalue weighted by Gasteiger charge is -2.11. The maximum absolute atomic E-state index is 12.3. The molecule has 2 aromatic carbocycles. The van der Waals surface area contributed by atoms with Gasteiger partial charge in [0.15, 0.2) is 0 Å². The summed E-state index contributed by atoms with van der Waals surface area (Å²) in [5.41, 5.74) is 1.68. The Bertz CT molecular complexity index is 948. The third kappa shape index (κ3) is 2.87. The summed E-state index contributed by atoms with van der Waals surface area (Å²) in [5, 5.41) is 8.03. The lowest BCUT2D eigenvalue weighted by molar-refractivity contribution is 0.0654. The minimum Gasteiger partial charge on any atom is -0.421 e. The van der Waals surface area contributed by atoms with Crippen LogP contribution in [0.5, 0.6) is 0 Å². The van der Waals surface area contributed by atoms with Gasteiger partial charge >= 0.3 is 0 Å². The first-order chi connectivity index (χ1) is 12.1. The summed E-state index contributed by atoms with van der Waals surface area (Å²) in [7, 11) is 0. The van der Waals surface area contributed by atoms with Crippen LogP contribution in [-0.4, -0.2) is 33.5 Å². The molecule has 1 aliphatic rings. The number of hydrogen-bond acceptors (Lipinski definition) is 5. The third-order valence-electron chi connectivity index (χ3n) is 3.97. The Morgan fingerprint density at radius 1 is 0.960 bits per heavy atom. The summed E-state index contributed by atoms with van der Waals surface area (Å²) in [6, 6.07) is 14.3. The van der Waals surface area contributed by atoms with E-state index in [0.717, 1.165) is 10.0 Å². The van der Waals surface area contributed by atoms with Crippen LogP contribution in [0.25, 0.3) is 11.5 Å². The Morgan fingerprint density at radius 3 is 2.36 bits per heavy atom. The molecule has 0 N–H and O–H groups in total. The van der Waals surface area contributed by atoms with Gasteiger partial charge in [0.2, 0.25) is 11.8 Å². The molecule has 0 fully saturated rings. The molecule has 2 amide bonds. The Labute approximate surface area is 151 Å². The Kier molecular flexibility index (Phi) is 3.93. The van der Waals surface area contributed by atoms with Crippen LogP contribution >= 0.6 is 15.9 Å². The number of imide groups is 1. The molecule has 3 aromatic rings. The first-order valence-corrected chi connectivity index (χ1v) is 8.46. The number of amides is 2. The van der Waals surface area contributed by atoms with Gasteiger partial charge in [-0.2, -0.15) is 0 Å². The van der Waals surface area contributed by atoms with E-state index in [0.29, 0.717) is 29.3 Å². The van der Waals surface area contributed by atoms with Gasteiger partial charge in [-0.25, -0.2) is 0 Å². The van der Waals surface area contributed by atoms with Crippen molar-refractivity contribution in [3.63, 3.8) is 0 Å². The molecular formula is C18H12BrN3O3. The predicted octanol–water partition coefficient (Wildman–Crippen LogP) is 3.34. The normalized spacial score (nSPS) is 13.4. The molecule has 2 heterocycles. The zero-order valence-electron chi connectivity index (χ0n) is 13.0. The molecule has 0 saturated heterocycles. The summed E-state index contributed by atoms with van der Waals surface area (Å²) >= 11 is 3.40. The molecule has 0 spiro atoms. The molecule has 0 saturated carbocycles. The zero-order valence-corrected chi connectivity index (χ0v) is 14.6. The topological polar surface area (TPSA) is 76.3 Å². The number of aromatic nitrogens is 2. The second-order valence-electron chi connectivity index (χ2n) is 5.57. The maximum Gasteiger partial charge on any atom is 0.261 e. The van der Waals surface area contributed by atoms with Crippen molar-refractivity contribution in [1.29, 1.82) is 0 Å². The SMILES string of the molecule is O=C1c2ccccc2C(=O)N1CCc1nnc(-c2cccc(Br)c2)o1. The van der Waals surface area contributed by atoms with Crippen molar-refractivity contribution >= 4 is 27.7 Å². The fourth-order valence-electron chi connectivity index (χ4n) is 2.74. The van der Waals surface area contributed by atoms with Gasteiger partial charge in [-0.1, -0.05) is 34.1 Å². The van der Waals surface area contributed by atoms with E-state index in [-0.39, 0.29) is 18.4 Å². The van der Waals surface area contributed by atoms with Crippen molar-refractivity contribution in [3.05, 3.63) is 70.0 Å². The average Bonchev–Trinajstić information content (AvgIpc) is 3.18. The van der Waals surface area contributed by atoms with Crippen LogP contribution < -0.4 is 0 Å². The van der Waals surface area contributed by atoms with E-state index >= 15 is 0 Å². The van der Waals surface area contributed by atoms with Gasteiger partial charge in [0.05, 0.1) is 11.1 Å². The van der Waals surface area contributed by atoms with Crippen molar-refractivity contribution in [2.75, 3.05) is 6.54 Å². The molecule has 0 aliphatic carbocycles. The molecule has 4 rings (SSSR count). The minimum atomic E-state index is -0.285. The number of fused-ring (bicyclic) bond motifs is 1. The number of halogens is 1. The summed E-state index contributed by atoms with van der Waals surface area (Å²) in [6.45, 7) is 0.201. The van der Waals surface area contributed by atoms with Crippen LogP contribution in [0.1, 0.15) is 26.6 Å². The smallest absolute Gasteiger partial charge is 0.261 e. The van der Waals surface area contributed by atoms with Gasteiger partial charge < -0.3 is 4.42 Å². The molecule has 0 atom stereocenters. The van der Waals surface area contributed by atoms with Gasteiger partial charge in [-0.05, 0) is 30.3 Å². The highest BCUT2D eigenvalue weighted by atomic mass is 79.9. The standard InChI is InChI=1S/C18H12BrN3O3/c19-12-5-3-4-11(10-12)16-21-20-15(25-16)8-9-22-17(23)13-6-1-2-7-14(13)18(22)24/h1-7,10H,8-9H2. The van der Waals surface area contributed by atoms with E-state index in [4.69, 9.17) is 4.42 Å². The van der Waals surface area contributed by atoms with Crippen molar-refractivity contribution < 1.29 is 14.0 Å². The molecule has 25 heavy (non-hydrogen) atoms. The summed E-state index contributed by atoms with van der Waals surface area (Å²) in [4.78, 5) is 25.9. The van der Waals surface area contributed by atoms with Crippen LogP contribution in [0.3, 0.4) is 0 Å². The van der Waals surface area contributed by atoms with Crippen molar-refractivity contribution in [1.82, 2.24) is 15.1 Å². The summed E-state index contributed by atoms with van der Waals surface area (Å²) in [5.74, 6) is 0.213. The van der Waals surface area contributed by atoms with Gasteiger partial charge in [-0.15, -0.1) is 10.2 Å². The number of carbonyl (C=O) groups excluding carboxylic acids is 2. The van der Waals surface area contributed by atoms with Gasteiger partial charge in [0.25, 0.3) is 11.8 Å². The van der Waals surface area contributed by atoms with Gasteiger partial charge in [0, 0.05) is 23.0 Å². The maximum atomic E-state index is 12.3. The first-order valence-electron chi connectivity index (χ1n) is 7.67. The zero-order chi connectivity index (χ0) is 17.4. The first kappa shape index (κ1) is 15.7. The lowest BCUT2D eigenvalue weighted by Crippen LogP contribution is -2.31. The van der Waals surface area contributed by atoms with Gasteiger partial charge in [0.1, 0.15) is 0 Å². The summed E-state index contributed by atoms with van der Waals surface area (Å²) in [6.07, 6.45) is 0.312. The second kappa shape index (κ2) is 6.25. The molecule has 124 valence electrons. The number of benzene rings is 2. The average molecular weight is 398 g/mol. The van der Waals surface area contributed by atoms with Gasteiger partial charge in [-0.3, -0.25) is 14.5 Å². The molecule has 0 bridgehead atoms. The predicted molar refractivity (Wildman–Crippen MR) is 92.9 cm³/mol. The molecule has 1 aromatic heterocycles. The van der Waals surface area contributed by atoms with Crippen molar-refractivity contribution in [2.24, 2.45) is 0 Å². The molecule has 7 heteroatoms. The van der Waals surface area contributed by atoms with E-state index < -0.39 is 0 Å². The fraction of sp³-hybridized carbons (Fsp3) is 0.111. The minimum absolute atomic E-state index is 0.201. The fourth-order valence-corrected chi connectivity index (χ4v) is 3.14.